The van der Waals surface area contributed by atoms with E-state index < -0.39 is 52.1 Å². The van der Waals surface area contributed by atoms with E-state index in [0.29, 0.717) is 16.3 Å². The second-order valence-electron chi connectivity index (χ2n) is 9.20. The first kappa shape index (κ1) is 36.3. The molecule has 13 nitrogen and oxygen atoms in total. The molecule has 0 saturated carbocycles. The van der Waals surface area contributed by atoms with Crippen molar-refractivity contribution in [3.63, 3.8) is 0 Å². The molecule has 0 aliphatic carbocycles. The Kier molecular flexibility index (Phi) is 14.2. The molecule has 0 aliphatic rings. The third-order valence-electron chi connectivity index (χ3n) is 6.15. The van der Waals surface area contributed by atoms with E-state index in [1.807, 2.05) is 0 Å². The van der Waals surface area contributed by atoms with Gasteiger partial charge >= 0.3 is 21.9 Å². The smallest absolute Gasteiger partial charge is 0.447 e. The van der Waals surface area contributed by atoms with Gasteiger partial charge in [0, 0.05) is 32.2 Å². The number of phosphoric ester groups is 1. The van der Waals surface area contributed by atoms with Crippen LogP contribution in [0, 0.1) is 11.6 Å². The van der Waals surface area contributed by atoms with E-state index in [9.17, 15) is 27.5 Å². The number of rotatable bonds is 17. The lowest BCUT2D eigenvalue weighted by Crippen LogP contribution is -2.51. The minimum atomic E-state index is -4.08. The molecule has 0 aliphatic heterocycles. The standard InChI is InChI=1S/C27H31ClF2N4O9P2/c1-18(35)34(32-16-20-5-4-6-24(30)26(20)28)23(9-10-42-45(38,40-3)43-11-12-44(37)39-2)17-41-27(36)33-25-14-21-13-22(29)8-7-19(21)15-31-25/h4-8,13-15,23,32H,9-12,16-17H2,1-3H3/p+1/t23-,45?/m0/s1. The molecule has 1 aromatic heterocycles. The number of hydrogen-bond acceptors (Lipinski definition) is 11. The summed E-state index contributed by atoms with van der Waals surface area (Å²) >= 11 is 6.05. The number of hydrazine groups is 1. The second kappa shape index (κ2) is 17.5. The van der Waals surface area contributed by atoms with E-state index in [1.165, 1.54) is 50.6 Å². The van der Waals surface area contributed by atoms with Gasteiger partial charge in [-0.25, -0.2) is 28.6 Å². The summed E-state index contributed by atoms with van der Waals surface area (Å²) in [6, 6.07) is 8.85. The molecule has 2 unspecified atom stereocenters. The van der Waals surface area contributed by atoms with E-state index in [0.717, 1.165) is 12.1 Å². The number of aromatic nitrogens is 1. The van der Waals surface area contributed by atoms with Crippen molar-refractivity contribution in [2.45, 2.75) is 25.9 Å². The number of ether oxygens (including phenoxy) is 1. The highest BCUT2D eigenvalue weighted by Crippen LogP contribution is 2.49. The number of phosphoric acid groups is 1. The highest BCUT2D eigenvalue weighted by atomic mass is 35.5. The van der Waals surface area contributed by atoms with Gasteiger partial charge in [-0.05, 0) is 52.3 Å². The second-order valence-corrected chi connectivity index (χ2v) is 12.8. The van der Waals surface area contributed by atoms with E-state index in [2.05, 4.69) is 20.3 Å². The molecule has 244 valence electrons. The predicted octanol–water partition coefficient (Wildman–Crippen LogP) is 6.20. The molecule has 0 bridgehead atoms. The van der Waals surface area contributed by atoms with Gasteiger partial charge in [0.1, 0.15) is 30.7 Å². The van der Waals surface area contributed by atoms with Crippen molar-refractivity contribution < 1.29 is 50.3 Å². The van der Waals surface area contributed by atoms with E-state index in [4.69, 9.17) is 29.9 Å². The third kappa shape index (κ3) is 11.3. The molecule has 0 fully saturated rings. The fourth-order valence-corrected chi connectivity index (χ4v) is 5.58. The summed E-state index contributed by atoms with van der Waals surface area (Å²) in [6.45, 7) is 0.224. The number of nitrogens with zero attached hydrogens (tertiary/aromatic N) is 2. The molecule has 18 heteroatoms. The number of benzene rings is 2. The zero-order chi connectivity index (χ0) is 33.0. The van der Waals surface area contributed by atoms with Gasteiger partial charge in [-0.1, -0.05) is 23.7 Å². The summed E-state index contributed by atoms with van der Waals surface area (Å²) in [5, 5.41) is 4.60. The number of hydrogen-bond donors (Lipinski definition) is 2. The van der Waals surface area contributed by atoms with Crippen LogP contribution in [-0.4, -0.2) is 68.2 Å². The van der Waals surface area contributed by atoms with Crippen molar-refractivity contribution in [1.29, 1.82) is 0 Å². The lowest BCUT2D eigenvalue weighted by atomic mass is 10.2. The number of carbonyl (C=O) groups excluding carboxylic acids is 2. The van der Waals surface area contributed by atoms with Crippen LogP contribution in [0.1, 0.15) is 18.9 Å². The molecule has 45 heavy (non-hydrogen) atoms. The van der Waals surface area contributed by atoms with Gasteiger partial charge in [0.2, 0.25) is 12.1 Å². The molecule has 2 aromatic carbocycles. The molecule has 1 heterocycles. The van der Waals surface area contributed by atoms with Crippen molar-refractivity contribution in [2.75, 3.05) is 45.5 Å². The van der Waals surface area contributed by atoms with Crippen LogP contribution in [0.3, 0.4) is 0 Å². The largest absolute Gasteiger partial charge is 0.510 e. The van der Waals surface area contributed by atoms with Gasteiger partial charge in [0.05, 0.1) is 24.8 Å². The maximum atomic E-state index is 14.0. The van der Waals surface area contributed by atoms with Gasteiger partial charge in [-0.15, -0.1) is 4.52 Å². The summed E-state index contributed by atoms with van der Waals surface area (Å²) in [6.07, 6.45) is 0.402. The van der Waals surface area contributed by atoms with Crippen LogP contribution in [0.15, 0.2) is 48.7 Å². The van der Waals surface area contributed by atoms with Crippen molar-refractivity contribution in [1.82, 2.24) is 15.4 Å². The Morgan fingerprint density at radius 3 is 2.58 bits per heavy atom. The lowest BCUT2D eigenvalue weighted by Gasteiger charge is -2.31. The number of anilines is 1. The first-order valence-corrected chi connectivity index (χ1v) is 16.5. The summed E-state index contributed by atoms with van der Waals surface area (Å²) in [7, 11) is -3.74. The SMILES string of the molecule is CO[P+](=O)CCOP(=O)(OC)OCC[C@@H](COC(=O)Nc1cc2cc(F)ccc2cn1)N(NCc1cccc(F)c1Cl)C(C)=O. The molecule has 0 radical (unpaired) electrons. The molecule has 0 saturated heterocycles. The van der Waals surface area contributed by atoms with Crippen molar-refractivity contribution in [3.8, 4) is 0 Å². The first-order chi connectivity index (χ1) is 21.4. The minimum absolute atomic E-state index is 0.0558. The summed E-state index contributed by atoms with van der Waals surface area (Å²) in [5.41, 5.74) is 3.21. The molecular formula is C27H32ClF2N4O9P2+. The van der Waals surface area contributed by atoms with Gasteiger partial charge in [-0.3, -0.25) is 28.7 Å². The third-order valence-corrected chi connectivity index (χ3v) is 8.97. The van der Waals surface area contributed by atoms with Crippen molar-refractivity contribution >= 4 is 56.0 Å². The highest BCUT2D eigenvalue weighted by molar-refractivity contribution is 7.48. The molecule has 0 spiro atoms. The summed E-state index contributed by atoms with van der Waals surface area (Å²) in [4.78, 5) is 29.5. The van der Waals surface area contributed by atoms with Gasteiger partial charge < -0.3 is 4.74 Å². The quantitative estimate of drug-likeness (QED) is 0.123. The average Bonchev–Trinajstić information content (AvgIpc) is 3.01. The van der Waals surface area contributed by atoms with Crippen LogP contribution >= 0.6 is 27.5 Å². The van der Waals surface area contributed by atoms with E-state index >= 15 is 0 Å². The van der Waals surface area contributed by atoms with Crippen LogP contribution in [0.2, 0.25) is 5.02 Å². The number of pyridine rings is 1. The summed E-state index contributed by atoms with van der Waals surface area (Å²) < 4.78 is 77.3. The van der Waals surface area contributed by atoms with Gasteiger partial charge in [0.25, 0.3) is 0 Å². The Morgan fingerprint density at radius 1 is 1.11 bits per heavy atom. The Morgan fingerprint density at radius 2 is 1.87 bits per heavy atom. The average molecular weight is 692 g/mol. The molecule has 2 N–H and O–H groups in total. The molecule has 2 amide bonds. The molecule has 3 aromatic rings. The van der Waals surface area contributed by atoms with Crippen LogP contribution in [0.4, 0.5) is 19.4 Å². The van der Waals surface area contributed by atoms with Crippen LogP contribution in [-0.2, 0) is 43.3 Å². The number of carbonyl (C=O) groups is 2. The minimum Gasteiger partial charge on any atom is -0.447 e. The zero-order valence-electron chi connectivity index (χ0n) is 24.5. The van der Waals surface area contributed by atoms with Crippen LogP contribution < -0.4 is 10.7 Å². The Bertz CT molecular complexity index is 1560. The Balaban J connectivity index is 1.71. The lowest BCUT2D eigenvalue weighted by molar-refractivity contribution is -0.136. The molecule has 3 rings (SSSR count). The normalized spacial score (nSPS) is 13.6. The maximum absolute atomic E-state index is 14.0. The van der Waals surface area contributed by atoms with Crippen LogP contribution in [0.25, 0.3) is 10.8 Å². The summed E-state index contributed by atoms with van der Waals surface area (Å²) in [5.74, 6) is -1.53. The number of nitrogens with one attached hydrogen (secondary N) is 2. The zero-order valence-corrected chi connectivity index (χ0v) is 27.1. The predicted molar refractivity (Wildman–Crippen MR) is 162 cm³/mol. The van der Waals surface area contributed by atoms with Crippen LogP contribution in [0.5, 0.6) is 0 Å². The van der Waals surface area contributed by atoms with Crippen molar-refractivity contribution in [2.24, 2.45) is 0 Å². The number of fused-ring (bicyclic) bond motifs is 1. The number of amides is 2. The van der Waals surface area contributed by atoms with E-state index in [1.54, 1.807) is 12.1 Å². The maximum Gasteiger partial charge on any atom is 0.510 e. The van der Waals surface area contributed by atoms with E-state index in [-0.39, 0.29) is 43.2 Å². The first-order valence-electron chi connectivity index (χ1n) is 13.3. The Hall–Kier alpha value is -3.13. The highest BCUT2D eigenvalue weighted by Gasteiger charge is 2.30. The number of halogens is 3. The van der Waals surface area contributed by atoms with Gasteiger partial charge in [0.15, 0.2) is 0 Å². The fourth-order valence-electron chi connectivity index (χ4n) is 3.89. The Labute approximate surface area is 263 Å². The van der Waals surface area contributed by atoms with Crippen molar-refractivity contribution in [3.05, 3.63) is 70.9 Å². The molecular weight excluding hydrogens is 660 g/mol. The van der Waals surface area contributed by atoms with Gasteiger partial charge in [-0.2, -0.15) is 0 Å². The topological polar surface area (TPSA) is 155 Å². The fraction of sp³-hybridized carbons (Fsp3) is 0.370. The monoisotopic (exact) mass is 691 g/mol. The molecule has 3 atom stereocenters.